The summed E-state index contributed by atoms with van der Waals surface area (Å²) in [5, 5.41) is 5.48. The maximum Gasteiger partial charge on any atom is 0.338 e. The number of carbonyl (C=O) groups is 4. The molecule has 8 heteroatoms. The lowest BCUT2D eigenvalue weighted by atomic mass is 10.0. The zero-order valence-electron chi connectivity index (χ0n) is 20.1. The molecule has 0 atom stereocenters. The number of ether oxygens (including phenoxy) is 2. The van der Waals surface area contributed by atoms with Gasteiger partial charge in [-0.05, 0) is 62.1 Å². The van der Waals surface area contributed by atoms with Crippen LogP contribution in [0.5, 0.6) is 0 Å². The molecule has 8 nitrogen and oxygen atoms in total. The molecule has 0 saturated heterocycles. The third-order valence-electron chi connectivity index (χ3n) is 4.93. The van der Waals surface area contributed by atoms with E-state index in [-0.39, 0.29) is 24.9 Å². The van der Waals surface area contributed by atoms with Crippen molar-refractivity contribution in [3.8, 4) is 0 Å². The number of rotatable bonds is 11. The van der Waals surface area contributed by atoms with Gasteiger partial charge in [0.2, 0.25) is 5.91 Å². The molecule has 0 aliphatic rings. The van der Waals surface area contributed by atoms with Crippen molar-refractivity contribution in [2.75, 3.05) is 17.2 Å². The van der Waals surface area contributed by atoms with Gasteiger partial charge in [-0.3, -0.25) is 14.4 Å². The SMILES string of the molecule is CCc1cccc(CC)c1NC(=O)COC(=O)CCC(=O)Nc1ccc(C(=O)OC(C)C)cc1. The maximum atomic E-state index is 12.3. The lowest BCUT2D eigenvalue weighted by molar-refractivity contribution is -0.147. The number of aryl methyl sites for hydroxylation is 2. The molecule has 0 heterocycles. The van der Waals surface area contributed by atoms with Crippen molar-refractivity contribution >= 4 is 35.1 Å². The van der Waals surface area contributed by atoms with Crippen molar-refractivity contribution in [1.29, 1.82) is 0 Å². The van der Waals surface area contributed by atoms with Crippen LogP contribution in [0.25, 0.3) is 0 Å². The van der Waals surface area contributed by atoms with Gasteiger partial charge in [0.05, 0.1) is 18.1 Å². The topological polar surface area (TPSA) is 111 Å². The van der Waals surface area contributed by atoms with Gasteiger partial charge in [0.25, 0.3) is 5.91 Å². The number of nitrogens with one attached hydrogen (secondary N) is 2. The number of anilines is 2. The molecule has 2 aromatic carbocycles. The summed E-state index contributed by atoms with van der Waals surface area (Å²) in [5.41, 5.74) is 3.65. The molecule has 0 aliphatic heterocycles. The van der Waals surface area contributed by atoms with E-state index < -0.39 is 24.5 Å². The fourth-order valence-corrected chi connectivity index (χ4v) is 3.21. The molecule has 0 aliphatic carbocycles. The summed E-state index contributed by atoms with van der Waals surface area (Å²) in [7, 11) is 0. The van der Waals surface area contributed by atoms with Gasteiger partial charge in [0.15, 0.2) is 6.61 Å². The van der Waals surface area contributed by atoms with E-state index >= 15 is 0 Å². The van der Waals surface area contributed by atoms with Crippen LogP contribution in [0.1, 0.15) is 62.0 Å². The maximum absolute atomic E-state index is 12.3. The largest absolute Gasteiger partial charge is 0.459 e. The quantitative estimate of drug-likeness (QED) is 0.476. The average molecular weight is 469 g/mol. The fraction of sp³-hybridized carbons (Fsp3) is 0.385. The average Bonchev–Trinajstić information content (AvgIpc) is 2.81. The van der Waals surface area contributed by atoms with E-state index in [1.807, 2.05) is 32.0 Å². The van der Waals surface area contributed by atoms with Crippen LogP contribution in [0.2, 0.25) is 0 Å². The number of carbonyl (C=O) groups excluding carboxylic acids is 4. The molecule has 2 rings (SSSR count). The molecule has 0 spiro atoms. The van der Waals surface area contributed by atoms with Crippen molar-refractivity contribution in [3.05, 3.63) is 59.2 Å². The van der Waals surface area contributed by atoms with Gasteiger partial charge in [0, 0.05) is 17.8 Å². The fourth-order valence-electron chi connectivity index (χ4n) is 3.21. The molecule has 0 fully saturated rings. The van der Waals surface area contributed by atoms with Gasteiger partial charge in [-0.1, -0.05) is 32.0 Å². The van der Waals surface area contributed by atoms with E-state index in [0.29, 0.717) is 11.3 Å². The van der Waals surface area contributed by atoms with E-state index in [2.05, 4.69) is 10.6 Å². The molecule has 0 aromatic heterocycles. The molecule has 2 aromatic rings. The molecule has 0 saturated carbocycles. The Hall–Kier alpha value is -3.68. The molecular formula is C26H32N2O6. The molecule has 2 N–H and O–H groups in total. The van der Waals surface area contributed by atoms with Crippen LogP contribution < -0.4 is 10.6 Å². The van der Waals surface area contributed by atoms with Crippen molar-refractivity contribution < 1.29 is 28.7 Å². The minimum absolute atomic E-state index is 0.101. The van der Waals surface area contributed by atoms with Crippen LogP contribution in [-0.2, 0) is 36.7 Å². The molecule has 0 bridgehead atoms. The zero-order chi connectivity index (χ0) is 25.1. The van der Waals surface area contributed by atoms with Gasteiger partial charge in [-0.25, -0.2) is 4.79 Å². The Bertz CT molecular complexity index is 992. The molecular weight excluding hydrogens is 436 g/mol. The Morgan fingerprint density at radius 3 is 2.00 bits per heavy atom. The van der Waals surface area contributed by atoms with Crippen molar-refractivity contribution in [2.24, 2.45) is 0 Å². The zero-order valence-corrected chi connectivity index (χ0v) is 20.1. The summed E-state index contributed by atoms with van der Waals surface area (Å²) in [6.07, 6.45) is 1.05. The predicted octanol–water partition coefficient (Wildman–Crippen LogP) is 4.28. The number of benzene rings is 2. The summed E-state index contributed by atoms with van der Waals surface area (Å²) in [6.45, 7) is 7.11. The highest BCUT2D eigenvalue weighted by Crippen LogP contribution is 2.22. The second-order valence-corrected chi connectivity index (χ2v) is 7.95. The predicted molar refractivity (Wildman–Crippen MR) is 130 cm³/mol. The molecule has 34 heavy (non-hydrogen) atoms. The van der Waals surface area contributed by atoms with Gasteiger partial charge in [0.1, 0.15) is 0 Å². The monoisotopic (exact) mass is 468 g/mol. The Labute approximate surface area is 200 Å². The Morgan fingerprint density at radius 2 is 1.44 bits per heavy atom. The van der Waals surface area contributed by atoms with Crippen molar-refractivity contribution in [1.82, 2.24) is 0 Å². The third kappa shape index (κ3) is 8.35. The summed E-state index contributed by atoms with van der Waals surface area (Å²) in [4.78, 5) is 48.2. The van der Waals surface area contributed by atoms with Crippen LogP contribution in [0.4, 0.5) is 11.4 Å². The third-order valence-corrected chi connectivity index (χ3v) is 4.93. The van der Waals surface area contributed by atoms with E-state index in [1.165, 1.54) is 0 Å². The Balaban J connectivity index is 1.76. The van der Waals surface area contributed by atoms with Crippen LogP contribution in [-0.4, -0.2) is 36.5 Å². The van der Waals surface area contributed by atoms with Gasteiger partial charge in [-0.2, -0.15) is 0 Å². The number of amides is 2. The van der Waals surface area contributed by atoms with Crippen LogP contribution in [0.15, 0.2) is 42.5 Å². The molecule has 0 unspecified atom stereocenters. The Kier molecular flexibility index (Phi) is 10.3. The van der Waals surface area contributed by atoms with Crippen LogP contribution in [0.3, 0.4) is 0 Å². The van der Waals surface area contributed by atoms with E-state index in [0.717, 1.165) is 29.7 Å². The lowest BCUT2D eigenvalue weighted by Gasteiger charge is -2.14. The number of para-hydroxylation sites is 1. The standard InChI is InChI=1S/C26H32N2O6/c1-5-18-8-7-9-19(6-2)25(18)28-23(30)16-33-24(31)15-14-22(29)27-21-12-10-20(11-13-21)26(32)34-17(3)4/h7-13,17H,5-6,14-16H2,1-4H3,(H,27,29)(H,28,30). The first kappa shape index (κ1) is 26.6. The molecule has 182 valence electrons. The van der Waals surface area contributed by atoms with Crippen LogP contribution in [0, 0.1) is 0 Å². The highest BCUT2D eigenvalue weighted by atomic mass is 16.5. The Morgan fingerprint density at radius 1 is 0.824 bits per heavy atom. The molecule has 2 amide bonds. The van der Waals surface area contributed by atoms with Gasteiger partial charge in [-0.15, -0.1) is 0 Å². The normalized spacial score (nSPS) is 10.5. The summed E-state index contributed by atoms with van der Waals surface area (Å²) < 4.78 is 10.1. The second kappa shape index (κ2) is 13.1. The summed E-state index contributed by atoms with van der Waals surface area (Å²) in [5.74, 6) is -1.90. The van der Waals surface area contributed by atoms with Gasteiger partial charge >= 0.3 is 11.9 Å². The first-order chi connectivity index (χ1) is 16.2. The lowest BCUT2D eigenvalue weighted by Crippen LogP contribution is -2.23. The van der Waals surface area contributed by atoms with E-state index in [4.69, 9.17) is 9.47 Å². The van der Waals surface area contributed by atoms with E-state index in [1.54, 1.807) is 38.1 Å². The highest BCUT2D eigenvalue weighted by molar-refractivity contribution is 5.96. The number of esters is 2. The highest BCUT2D eigenvalue weighted by Gasteiger charge is 2.14. The van der Waals surface area contributed by atoms with Crippen molar-refractivity contribution in [3.63, 3.8) is 0 Å². The minimum atomic E-state index is -0.642. The van der Waals surface area contributed by atoms with Gasteiger partial charge < -0.3 is 20.1 Å². The van der Waals surface area contributed by atoms with E-state index in [9.17, 15) is 19.2 Å². The van der Waals surface area contributed by atoms with Crippen molar-refractivity contribution in [2.45, 2.75) is 59.5 Å². The number of hydrogen-bond acceptors (Lipinski definition) is 6. The minimum Gasteiger partial charge on any atom is -0.459 e. The number of hydrogen-bond donors (Lipinski definition) is 2. The first-order valence-corrected chi connectivity index (χ1v) is 11.4. The van der Waals surface area contributed by atoms with Crippen LogP contribution >= 0.6 is 0 Å². The summed E-state index contributed by atoms with van der Waals surface area (Å²) in [6, 6.07) is 12.1. The molecule has 0 radical (unpaired) electrons. The first-order valence-electron chi connectivity index (χ1n) is 11.4. The summed E-state index contributed by atoms with van der Waals surface area (Å²) >= 11 is 0. The smallest absolute Gasteiger partial charge is 0.338 e. The second-order valence-electron chi connectivity index (χ2n) is 7.95.